The van der Waals surface area contributed by atoms with Gasteiger partial charge in [0.25, 0.3) is 0 Å². The van der Waals surface area contributed by atoms with E-state index in [1.807, 2.05) is 0 Å². The fourth-order valence-electron chi connectivity index (χ4n) is 0.642. The van der Waals surface area contributed by atoms with E-state index >= 15 is 0 Å². The zero-order chi connectivity index (χ0) is 9.90. The Hall–Kier alpha value is -1.17. The topological polar surface area (TPSA) is 48.1 Å². The summed E-state index contributed by atoms with van der Waals surface area (Å²) in [4.78, 5) is 3.57. The molecule has 1 aromatic heterocycles. The highest BCUT2D eigenvalue weighted by Crippen LogP contribution is 2.17. The molecule has 0 aromatic carbocycles. The van der Waals surface area contributed by atoms with Gasteiger partial charge in [0, 0.05) is 0 Å². The molecule has 7 heteroatoms. The van der Waals surface area contributed by atoms with Crippen LogP contribution in [0.1, 0.15) is 0 Å². The van der Waals surface area contributed by atoms with Crippen LogP contribution in [0.25, 0.3) is 0 Å². The van der Waals surface area contributed by atoms with Gasteiger partial charge in [-0.05, 0) is 12.1 Å². The highest BCUT2D eigenvalue weighted by Gasteiger charge is 2.28. The summed E-state index contributed by atoms with van der Waals surface area (Å²) in [6.45, 7) is -1.32. The third kappa shape index (κ3) is 4.76. The summed E-state index contributed by atoms with van der Waals surface area (Å²) in [6.07, 6.45) is -3.19. The molecular weight excluding hydrogens is 221 g/mol. The van der Waals surface area contributed by atoms with Gasteiger partial charge in [0.15, 0.2) is 6.61 Å². The van der Waals surface area contributed by atoms with Gasteiger partial charge in [-0.25, -0.2) is 4.98 Å². The molecule has 0 saturated carbocycles. The van der Waals surface area contributed by atoms with Crippen molar-refractivity contribution in [3.05, 3.63) is 18.3 Å². The summed E-state index contributed by atoms with van der Waals surface area (Å²) in [7, 11) is 0. The van der Waals surface area contributed by atoms with Gasteiger partial charge in [0.05, 0.1) is 6.20 Å². The summed E-state index contributed by atoms with van der Waals surface area (Å²) in [5.41, 5.74) is 5.22. The van der Waals surface area contributed by atoms with Crippen LogP contribution < -0.4 is 10.5 Å². The lowest BCUT2D eigenvalue weighted by molar-refractivity contribution is -0.153. The molecule has 2 N–H and O–H groups in total. The van der Waals surface area contributed by atoms with E-state index in [-0.39, 0.29) is 24.0 Å². The number of pyridine rings is 1. The zero-order valence-electron chi connectivity index (χ0n) is 6.91. The van der Waals surface area contributed by atoms with Crippen LogP contribution >= 0.6 is 12.4 Å². The average molecular weight is 229 g/mol. The molecule has 0 spiro atoms. The van der Waals surface area contributed by atoms with Crippen LogP contribution in [0.3, 0.4) is 0 Å². The molecule has 1 heterocycles. The summed E-state index contributed by atoms with van der Waals surface area (Å²) in [5.74, 6) is 0.283. The number of aromatic nitrogens is 1. The maximum atomic E-state index is 11.7. The summed E-state index contributed by atoms with van der Waals surface area (Å²) in [6, 6.07) is 2.69. The Morgan fingerprint density at radius 2 is 2.00 bits per heavy atom. The molecule has 0 radical (unpaired) electrons. The molecule has 80 valence electrons. The van der Waals surface area contributed by atoms with E-state index in [1.54, 1.807) is 0 Å². The molecule has 14 heavy (non-hydrogen) atoms. The van der Waals surface area contributed by atoms with Gasteiger partial charge in [-0.1, -0.05) is 0 Å². The van der Waals surface area contributed by atoms with Crippen molar-refractivity contribution < 1.29 is 17.9 Å². The first-order chi connectivity index (χ1) is 5.97. The number of alkyl halides is 3. The average Bonchev–Trinajstić information content (AvgIpc) is 2.02. The minimum absolute atomic E-state index is 0. The highest BCUT2D eigenvalue weighted by molar-refractivity contribution is 5.85. The fraction of sp³-hybridized carbons (Fsp3) is 0.286. The maximum absolute atomic E-state index is 11.7. The molecule has 1 aromatic rings. The van der Waals surface area contributed by atoms with Gasteiger partial charge in [-0.2, -0.15) is 13.2 Å². The van der Waals surface area contributed by atoms with Crippen molar-refractivity contribution >= 4 is 18.2 Å². The number of nitrogens with two attached hydrogens (primary N) is 1. The first-order valence-corrected chi connectivity index (χ1v) is 3.38. The molecule has 0 saturated heterocycles. The second-order valence-corrected chi connectivity index (χ2v) is 2.32. The van der Waals surface area contributed by atoms with E-state index in [4.69, 9.17) is 5.73 Å². The standard InChI is InChI=1S/C7H7F3N2O.ClH/c8-7(9,10)4-13-5-1-2-6(11)12-3-5;/h1-3H,4H2,(H2,11,12);1H. The normalized spacial score (nSPS) is 10.5. The molecule has 0 bridgehead atoms. The molecule has 0 aliphatic carbocycles. The number of hydrogen-bond donors (Lipinski definition) is 1. The van der Waals surface area contributed by atoms with Gasteiger partial charge in [0.1, 0.15) is 11.6 Å². The highest BCUT2D eigenvalue weighted by atomic mass is 35.5. The molecule has 1 rings (SSSR count). The minimum Gasteiger partial charge on any atom is -0.483 e. The summed E-state index contributed by atoms with van der Waals surface area (Å²) < 4.78 is 39.3. The van der Waals surface area contributed by atoms with Gasteiger partial charge in [-0.3, -0.25) is 0 Å². The third-order valence-electron chi connectivity index (χ3n) is 1.16. The zero-order valence-corrected chi connectivity index (χ0v) is 7.73. The molecule has 0 amide bonds. The van der Waals surface area contributed by atoms with E-state index in [9.17, 15) is 13.2 Å². The lowest BCUT2D eigenvalue weighted by Gasteiger charge is -2.08. The predicted octanol–water partition coefficient (Wildman–Crippen LogP) is 2.03. The number of anilines is 1. The van der Waals surface area contributed by atoms with E-state index in [2.05, 4.69) is 9.72 Å². The Labute approximate surface area is 84.5 Å². The number of nitrogens with zero attached hydrogens (tertiary/aromatic N) is 1. The lowest BCUT2D eigenvalue weighted by atomic mass is 10.4. The van der Waals surface area contributed by atoms with Crippen molar-refractivity contribution in [1.29, 1.82) is 0 Å². The molecular formula is C7H8ClF3N2O. The number of hydrogen-bond acceptors (Lipinski definition) is 3. The first kappa shape index (κ1) is 12.8. The predicted molar refractivity (Wildman–Crippen MR) is 47.4 cm³/mol. The Morgan fingerprint density at radius 1 is 1.36 bits per heavy atom. The van der Waals surface area contributed by atoms with Gasteiger partial charge in [0.2, 0.25) is 0 Å². The van der Waals surface area contributed by atoms with Gasteiger partial charge >= 0.3 is 6.18 Å². The van der Waals surface area contributed by atoms with Gasteiger partial charge < -0.3 is 10.5 Å². The van der Waals surface area contributed by atoms with Crippen LogP contribution in [-0.4, -0.2) is 17.8 Å². The Balaban J connectivity index is 0.00000169. The molecule has 0 aliphatic rings. The van der Waals surface area contributed by atoms with Crippen molar-refractivity contribution in [2.24, 2.45) is 0 Å². The van der Waals surface area contributed by atoms with Crippen molar-refractivity contribution in [3.8, 4) is 5.75 Å². The van der Waals surface area contributed by atoms with E-state index < -0.39 is 12.8 Å². The fourth-order valence-corrected chi connectivity index (χ4v) is 0.642. The smallest absolute Gasteiger partial charge is 0.422 e. The SMILES string of the molecule is Cl.Nc1ccc(OCC(F)(F)F)cn1. The van der Waals surface area contributed by atoms with Crippen molar-refractivity contribution in [2.45, 2.75) is 6.18 Å². The van der Waals surface area contributed by atoms with Crippen LogP contribution in [0.15, 0.2) is 18.3 Å². The summed E-state index contributed by atoms with van der Waals surface area (Å²) >= 11 is 0. The lowest BCUT2D eigenvalue weighted by Crippen LogP contribution is -2.19. The van der Waals surface area contributed by atoms with Crippen LogP contribution in [0, 0.1) is 0 Å². The second-order valence-electron chi connectivity index (χ2n) is 2.32. The molecule has 3 nitrogen and oxygen atoms in total. The van der Waals surface area contributed by atoms with Crippen LogP contribution in [-0.2, 0) is 0 Å². The number of halogens is 4. The Morgan fingerprint density at radius 3 is 2.43 bits per heavy atom. The third-order valence-corrected chi connectivity index (χ3v) is 1.16. The van der Waals surface area contributed by atoms with E-state index in [1.165, 1.54) is 12.1 Å². The second kappa shape index (κ2) is 4.90. The van der Waals surface area contributed by atoms with Crippen molar-refractivity contribution in [3.63, 3.8) is 0 Å². The van der Waals surface area contributed by atoms with Crippen molar-refractivity contribution in [1.82, 2.24) is 4.98 Å². The number of ether oxygens (including phenoxy) is 1. The van der Waals surface area contributed by atoms with E-state index in [0.29, 0.717) is 0 Å². The molecule has 0 aliphatic heterocycles. The first-order valence-electron chi connectivity index (χ1n) is 3.38. The Kier molecular flexibility index (Phi) is 4.49. The quantitative estimate of drug-likeness (QED) is 0.843. The number of nitrogen functional groups attached to an aromatic ring is 1. The monoisotopic (exact) mass is 228 g/mol. The van der Waals surface area contributed by atoms with Crippen LogP contribution in [0.4, 0.5) is 19.0 Å². The van der Waals surface area contributed by atoms with Crippen molar-refractivity contribution in [2.75, 3.05) is 12.3 Å². The van der Waals surface area contributed by atoms with Crippen LogP contribution in [0.2, 0.25) is 0 Å². The largest absolute Gasteiger partial charge is 0.483 e. The van der Waals surface area contributed by atoms with Crippen LogP contribution in [0.5, 0.6) is 5.75 Å². The molecule has 0 atom stereocenters. The Bertz CT molecular complexity index is 275. The minimum atomic E-state index is -4.33. The summed E-state index contributed by atoms with van der Waals surface area (Å²) in [5, 5.41) is 0. The molecule has 0 fully saturated rings. The van der Waals surface area contributed by atoms with Gasteiger partial charge in [-0.15, -0.1) is 12.4 Å². The molecule has 0 unspecified atom stereocenters. The number of rotatable bonds is 2. The maximum Gasteiger partial charge on any atom is 0.422 e. The van der Waals surface area contributed by atoms with E-state index in [0.717, 1.165) is 6.20 Å².